The van der Waals surface area contributed by atoms with Gasteiger partial charge in [0.15, 0.2) is 0 Å². The van der Waals surface area contributed by atoms with Gasteiger partial charge >= 0.3 is 0 Å². The van der Waals surface area contributed by atoms with Gasteiger partial charge in [-0.05, 0) is 29.7 Å². The van der Waals surface area contributed by atoms with Gasteiger partial charge in [-0.3, -0.25) is 0 Å². The molecule has 3 nitrogen and oxygen atoms in total. The molecule has 0 fully saturated rings. The van der Waals surface area contributed by atoms with Crippen molar-refractivity contribution in [2.24, 2.45) is 0 Å². The van der Waals surface area contributed by atoms with Crippen molar-refractivity contribution in [2.45, 2.75) is 0 Å². The van der Waals surface area contributed by atoms with Crippen LogP contribution in [0.3, 0.4) is 0 Å². The third-order valence-corrected chi connectivity index (χ3v) is 3.76. The second-order valence-corrected chi connectivity index (χ2v) is 5.45. The van der Waals surface area contributed by atoms with E-state index in [1.54, 1.807) is 6.20 Å². The lowest BCUT2D eigenvalue weighted by atomic mass is 10.1. The van der Waals surface area contributed by atoms with E-state index < -0.39 is 0 Å². The molecule has 0 bridgehead atoms. The van der Waals surface area contributed by atoms with Gasteiger partial charge < -0.3 is 10.1 Å². The molecule has 0 aliphatic heterocycles. The van der Waals surface area contributed by atoms with Crippen LogP contribution in [0.15, 0.2) is 91.1 Å². The lowest BCUT2D eigenvalue weighted by molar-refractivity contribution is 0.488. The van der Waals surface area contributed by atoms with Gasteiger partial charge in [-0.25, -0.2) is 4.98 Å². The maximum atomic E-state index is 6.09. The second-order valence-electron chi connectivity index (χ2n) is 5.45. The standard InChI is InChI=1S/C21H16N2O/c1-2-9-17(10-3-1)23-21-15-18(13-14-22-21)24-20-12-6-8-16-7-4-5-11-19(16)20/h1-15H,(H,22,23). The molecule has 1 N–H and O–H groups in total. The third-order valence-electron chi connectivity index (χ3n) is 3.76. The van der Waals surface area contributed by atoms with E-state index in [0.717, 1.165) is 33.8 Å². The number of nitrogens with one attached hydrogen (secondary N) is 1. The number of rotatable bonds is 4. The Morgan fingerprint density at radius 3 is 2.46 bits per heavy atom. The Morgan fingerprint density at radius 2 is 1.54 bits per heavy atom. The highest BCUT2D eigenvalue weighted by Gasteiger charge is 2.04. The summed E-state index contributed by atoms with van der Waals surface area (Å²) >= 11 is 0. The summed E-state index contributed by atoms with van der Waals surface area (Å²) in [5.74, 6) is 2.34. The van der Waals surface area contributed by atoms with Crippen molar-refractivity contribution < 1.29 is 4.74 Å². The summed E-state index contributed by atoms with van der Waals surface area (Å²) in [6.45, 7) is 0. The SMILES string of the molecule is c1ccc(Nc2cc(Oc3cccc4ccccc34)ccn2)cc1. The largest absolute Gasteiger partial charge is 0.457 e. The fraction of sp³-hybridized carbons (Fsp3) is 0. The highest BCUT2D eigenvalue weighted by atomic mass is 16.5. The van der Waals surface area contributed by atoms with Crippen molar-refractivity contribution in [2.75, 3.05) is 5.32 Å². The smallest absolute Gasteiger partial charge is 0.135 e. The van der Waals surface area contributed by atoms with Gasteiger partial charge in [-0.1, -0.05) is 54.6 Å². The maximum Gasteiger partial charge on any atom is 0.135 e. The van der Waals surface area contributed by atoms with Crippen molar-refractivity contribution in [3.05, 3.63) is 91.1 Å². The lowest BCUT2D eigenvalue weighted by Gasteiger charge is -2.10. The zero-order valence-corrected chi connectivity index (χ0v) is 13.0. The minimum absolute atomic E-state index is 0.749. The summed E-state index contributed by atoms with van der Waals surface area (Å²) in [6, 6.07) is 28.0. The average molecular weight is 312 g/mol. The van der Waals surface area contributed by atoms with E-state index in [0.29, 0.717) is 0 Å². The van der Waals surface area contributed by atoms with Gasteiger partial charge in [0.2, 0.25) is 0 Å². The highest BCUT2D eigenvalue weighted by Crippen LogP contribution is 2.30. The Morgan fingerprint density at radius 1 is 0.750 bits per heavy atom. The fourth-order valence-corrected chi connectivity index (χ4v) is 2.62. The summed E-state index contributed by atoms with van der Waals surface area (Å²) in [4.78, 5) is 4.35. The molecule has 0 radical (unpaired) electrons. The molecule has 3 aromatic carbocycles. The molecule has 0 atom stereocenters. The fourth-order valence-electron chi connectivity index (χ4n) is 2.62. The monoisotopic (exact) mass is 312 g/mol. The van der Waals surface area contributed by atoms with Crippen molar-refractivity contribution >= 4 is 22.3 Å². The Labute approximate surface area is 140 Å². The van der Waals surface area contributed by atoms with Crippen LogP contribution in [-0.4, -0.2) is 4.98 Å². The van der Waals surface area contributed by atoms with Crippen LogP contribution >= 0.6 is 0 Å². The summed E-state index contributed by atoms with van der Waals surface area (Å²) in [6.07, 6.45) is 1.74. The molecule has 4 aromatic rings. The van der Waals surface area contributed by atoms with E-state index >= 15 is 0 Å². The van der Waals surface area contributed by atoms with Crippen LogP contribution < -0.4 is 10.1 Å². The lowest BCUT2D eigenvalue weighted by Crippen LogP contribution is -1.94. The predicted octanol–water partition coefficient (Wildman–Crippen LogP) is 5.77. The average Bonchev–Trinajstić information content (AvgIpc) is 2.63. The van der Waals surface area contributed by atoms with Gasteiger partial charge in [0.25, 0.3) is 0 Å². The Balaban J connectivity index is 1.62. The van der Waals surface area contributed by atoms with Crippen LogP contribution in [0, 0.1) is 0 Å². The number of hydrogen-bond acceptors (Lipinski definition) is 3. The number of para-hydroxylation sites is 1. The molecule has 0 spiro atoms. The Hall–Kier alpha value is -3.33. The van der Waals surface area contributed by atoms with Crippen molar-refractivity contribution in [1.82, 2.24) is 4.98 Å². The maximum absolute atomic E-state index is 6.09. The molecule has 24 heavy (non-hydrogen) atoms. The van der Waals surface area contributed by atoms with Crippen LogP contribution in [0.5, 0.6) is 11.5 Å². The number of ether oxygens (including phenoxy) is 1. The first-order valence-corrected chi connectivity index (χ1v) is 7.82. The highest BCUT2D eigenvalue weighted by molar-refractivity contribution is 5.88. The molecule has 0 saturated carbocycles. The molecule has 0 aliphatic rings. The second kappa shape index (κ2) is 6.42. The van der Waals surface area contributed by atoms with E-state index in [9.17, 15) is 0 Å². The van der Waals surface area contributed by atoms with Crippen LogP contribution in [-0.2, 0) is 0 Å². The molecular weight excluding hydrogens is 296 g/mol. The van der Waals surface area contributed by atoms with Gasteiger partial charge in [-0.15, -0.1) is 0 Å². The molecule has 0 aliphatic carbocycles. The molecule has 0 unspecified atom stereocenters. The molecule has 0 saturated heterocycles. The van der Waals surface area contributed by atoms with E-state index in [4.69, 9.17) is 4.74 Å². The van der Waals surface area contributed by atoms with Gasteiger partial charge in [0.05, 0.1) is 0 Å². The van der Waals surface area contributed by atoms with Gasteiger partial charge in [0.1, 0.15) is 17.3 Å². The molecule has 1 heterocycles. The van der Waals surface area contributed by atoms with E-state index in [1.165, 1.54) is 0 Å². The number of nitrogens with zero attached hydrogens (tertiary/aromatic N) is 1. The first-order chi connectivity index (χ1) is 11.9. The number of benzene rings is 3. The topological polar surface area (TPSA) is 34.1 Å². The molecule has 3 heteroatoms. The quantitative estimate of drug-likeness (QED) is 0.519. The number of hydrogen-bond donors (Lipinski definition) is 1. The van der Waals surface area contributed by atoms with E-state index in [1.807, 2.05) is 66.7 Å². The van der Waals surface area contributed by atoms with Crippen molar-refractivity contribution in [3.8, 4) is 11.5 Å². The predicted molar refractivity (Wildman–Crippen MR) is 98.0 cm³/mol. The number of fused-ring (bicyclic) bond motifs is 1. The first kappa shape index (κ1) is 14.3. The minimum atomic E-state index is 0.749. The van der Waals surface area contributed by atoms with E-state index in [2.05, 4.69) is 28.5 Å². The summed E-state index contributed by atoms with van der Waals surface area (Å²) < 4.78 is 6.09. The Bertz CT molecular complexity index is 962. The normalized spacial score (nSPS) is 10.5. The summed E-state index contributed by atoms with van der Waals surface area (Å²) in [5.41, 5.74) is 0.993. The zero-order chi connectivity index (χ0) is 16.2. The van der Waals surface area contributed by atoms with Crippen molar-refractivity contribution in [3.63, 3.8) is 0 Å². The molecule has 4 rings (SSSR count). The molecule has 116 valence electrons. The number of anilines is 2. The van der Waals surface area contributed by atoms with Crippen molar-refractivity contribution in [1.29, 1.82) is 0 Å². The van der Waals surface area contributed by atoms with E-state index in [-0.39, 0.29) is 0 Å². The molecule has 1 aromatic heterocycles. The number of pyridine rings is 1. The molecular formula is C21H16N2O. The number of aromatic nitrogens is 1. The zero-order valence-electron chi connectivity index (χ0n) is 13.0. The van der Waals surface area contributed by atoms with Gasteiger partial charge in [0, 0.05) is 23.3 Å². The summed E-state index contributed by atoms with van der Waals surface area (Å²) in [7, 11) is 0. The van der Waals surface area contributed by atoms with Crippen LogP contribution in [0.1, 0.15) is 0 Å². The van der Waals surface area contributed by atoms with Crippen LogP contribution in [0.25, 0.3) is 10.8 Å². The van der Waals surface area contributed by atoms with Gasteiger partial charge in [-0.2, -0.15) is 0 Å². The summed E-state index contributed by atoms with van der Waals surface area (Å²) in [5, 5.41) is 5.53. The first-order valence-electron chi connectivity index (χ1n) is 7.82. The molecule has 0 amide bonds. The minimum Gasteiger partial charge on any atom is -0.457 e. The van der Waals surface area contributed by atoms with Crippen LogP contribution in [0.4, 0.5) is 11.5 Å². The third kappa shape index (κ3) is 3.06. The van der Waals surface area contributed by atoms with Crippen LogP contribution in [0.2, 0.25) is 0 Å². The Kier molecular flexibility index (Phi) is 3.82.